The lowest BCUT2D eigenvalue weighted by atomic mass is 10.1. The number of nitrogens with two attached hydrogens (primary N) is 1. The van der Waals surface area contributed by atoms with Crippen molar-refractivity contribution in [3.8, 4) is 45.6 Å². The zero-order chi connectivity index (χ0) is 29.6. The van der Waals surface area contributed by atoms with Crippen LogP contribution in [0.5, 0.6) is 0 Å². The lowest BCUT2D eigenvalue weighted by Crippen LogP contribution is -2.12. The topological polar surface area (TPSA) is 169 Å². The molecule has 2 aliphatic rings. The van der Waals surface area contributed by atoms with Crippen molar-refractivity contribution < 1.29 is 8.42 Å². The van der Waals surface area contributed by atoms with Crippen molar-refractivity contribution in [2.24, 2.45) is 5.14 Å². The van der Waals surface area contributed by atoms with Crippen LogP contribution in [0.1, 0.15) is 0 Å². The van der Waals surface area contributed by atoms with Gasteiger partial charge < -0.3 is 9.97 Å². The lowest BCUT2D eigenvalue weighted by Gasteiger charge is -2.00. The monoisotopic (exact) mass is 593 g/mol. The van der Waals surface area contributed by atoms with Gasteiger partial charge in [0.1, 0.15) is 22.6 Å². The summed E-state index contributed by atoms with van der Waals surface area (Å²) < 4.78 is 25.5. The standard InChI is InChI=1S/C32H19N9O2S/c33-44(42,43)23-15-7-14-22-24(23)32-40-30-21-13-6-5-12-20(21)28(38-30)36-26-17-9-2-1-8-16(17)25(34-26)35-27-18-10-3-4-11-19(18)29(37-27)39-31(22)41-32/h1-15H,(H2,33,42,43)(H2,34,35,36,37,38,39,40,41). The first-order chi connectivity index (χ1) is 21.4. The van der Waals surface area contributed by atoms with Gasteiger partial charge in [-0.2, -0.15) is 0 Å². The van der Waals surface area contributed by atoms with Gasteiger partial charge in [-0.25, -0.2) is 43.5 Å². The molecule has 4 N–H and O–H groups in total. The molecular formula is C32H19N9O2S. The number of fused-ring (bicyclic) bond motifs is 20. The van der Waals surface area contributed by atoms with Crippen LogP contribution in [0.3, 0.4) is 0 Å². The van der Waals surface area contributed by atoms with E-state index in [0.29, 0.717) is 51.0 Å². The van der Waals surface area contributed by atoms with E-state index >= 15 is 0 Å². The highest BCUT2D eigenvalue weighted by Gasteiger charge is 2.23. The second-order valence-corrected chi connectivity index (χ2v) is 12.0. The second-order valence-electron chi connectivity index (χ2n) is 10.5. The van der Waals surface area contributed by atoms with Crippen LogP contribution >= 0.6 is 0 Å². The van der Waals surface area contributed by atoms with Gasteiger partial charge in [-0.15, -0.1) is 0 Å². The molecule has 0 fully saturated rings. The Kier molecular flexibility index (Phi) is 4.96. The van der Waals surface area contributed by atoms with E-state index in [1.165, 1.54) is 6.07 Å². The fourth-order valence-corrected chi connectivity index (χ4v) is 6.65. The number of H-pyrrole nitrogens is 2. The van der Waals surface area contributed by atoms with E-state index in [1.807, 2.05) is 72.8 Å². The van der Waals surface area contributed by atoms with Gasteiger partial charge in [0.2, 0.25) is 10.0 Å². The van der Waals surface area contributed by atoms with Crippen LogP contribution < -0.4 is 5.14 Å². The van der Waals surface area contributed by atoms with Crippen molar-refractivity contribution in [2.45, 2.75) is 4.90 Å². The third-order valence-corrected chi connectivity index (χ3v) is 8.80. The Morgan fingerprint density at radius 2 is 0.841 bits per heavy atom. The predicted octanol–water partition coefficient (Wildman–Crippen LogP) is 5.52. The number of aromatic amines is 2. The third-order valence-electron chi connectivity index (χ3n) is 7.85. The minimum atomic E-state index is -4.12. The molecule has 44 heavy (non-hydrogen) atoms. The summed E-state index contributed by atoms with van der Waals surface area (Å²) >= 11 is 0. The summed E-state index contributed by atoms with van der Waals surface area (Å²) in [5, 5.41) is 8.26. The van der Waals surface area contributed by atoms with Crippen LogP contribution in [0.15, 0.2) is 95.9 Å². The summed E-state index contributed by atoms with van der Waals surface area (Å²) in [5.41, 5.74) is 4.95. The summed E-state index contributed by atoms with van der Waals surface area (Å²) in [4.78, 5) is 35.9. The average molecular weight is 594 g/mol. The lowest BCUT2D eigenvalue weighted by molar-refractivity contribution is 0.598. The van der Waals surface area contributed by atoms with E-state index in [0.717, 1.165) is 33.0 Å². The van der Waals surface area contributed by atoms with Gasteiger partial charge in [0, 0.05) is 43.8 Å². The molecule has 0 spiro atoms. The van der Waals surface area contributed by atoms with E-state index in [4.69, 9.17) is 35.0 Å². The van der Waals surface area contributed by atoms with Crippen LogP contribution in [0.25, 0.3) is 89.7 Å². The van der Waals surface area contributed by atoms with Crippen molar-refractivity contribution in [1.29, 1.82) is 0 Å². The zero-order valence-electron chi connectivity index (χ0n) is 22.6. The molecule has 12 heteroatoms. The summed E-state index contributed by atoms with van der Waals surface area (Å²) in [6, 6.07) is 28.0. The van der Waals surface area contributed by atoms with E-state index in [-0.39, 0.29) is 10.5 Å². The molecule has 4 aromatic carbocycles. The molecule has 0 saturated carbocycles. The first kappa shape index (κ1) is 24.7. The zero-order valence-corrected chi connectivity index (χ0v) is 23.5. The minimum Gasteiger partial charge on any atom is -0.324 e. The quantitative estimate of drug-likeness (QED) is 0.224. The second kappa shape index (κ2) is 8.83. The van der Waals surface area contributed by atoms with Crippen LogP contribution in [-0.2, 0) is 10.0 Å². The van der Waals surface area contributed by atoms with Crippen LogP contribution in [-0.4, -0.2) is 48.3 Å². The molecular weight excluding hydrogens is 574 g/mol. The largest absolute Gasteiger partial charge is 0.324 e. The molecule has 7 aromatic rings. The van der Waals surface area contributed by atoms with Crippen LogP contribution in [0.2, 0.25) is 0 Å². The Bertz CT molecular complexity index is 2660. The summed E-state index contributed by atoms with van der Waals surface area (Å²) in [6.45, 7) is 0. The highest BCUT2D eigenvalue weighted by atomic mass is 32.2. The highest BCUT2D eigenvalue weighted by molar-refractivity contribution is 7.89. The van der Waals surface area contributed by atoms with E-state index in [2.05, 4.69) is 9.97 Å². The van der Waals surface area contributed by atoms with Gasteiger partial charge in [-0.3, -0.25) is 0 Å². The number of hydrogen-bond acceptors (Lipinski definition) is 8. The molecule has 3 aromatic heterocycles. The predicted molar refractivity (Wildman–Crippen MR) is 167 cm³/mol. The van der Waals surface area contributed by atoms with Crippen molar-refractivity contribution >= 4 is 54.2 Å². The van der Waals surface area contributed by atoms with Crippen molar-refractivity contribution in [2.75, 3.05) is 0 Å². The maximum Gasteiger partial charge on any atom is 0.238 e. The Balaban J connectivity index is 1.53. The van der Waals surface area contributed by atoms with Gasteiger partial charge in [-0.05, 0) is 6.07 Å². The van der Waals surface area contributed by atoms with Crippen LogP contribution in [0.4, 0.5) is 0 Å². The number of benzene rings is 4. The number of sulfonamides is 1. The first-order valence-electron chi connectivity index (χ1n) is 13.7. The minimum absolute atomic E-state index is 0.0776. The molecule has 0 unspecified atom stereocenters. The Morgan fingerprint density at radius 3 is 1.32 bits per heavy atom. The first-order valence-corrected chi connectivity index (χ1v) is 15.2. The number of hydrogen-bond donors (Lipinski definition) is 3. The van der Waals surface area contributed by atoms with Crippen molar-refractivity contribution in [3.63, 3.8) is 0 Å². The Morgan fingerprint density at radius 1 is 0.455 bits per heavy atom. The fourth-order valence-electron chi connectivity index (χ4n) is 5.90. The van der Waals surface area contributed by atoms with Gasteiger partial charge in [0.15, 0.2) is 23.3 Å². The molecule has 8 bridgehead atoms. The molecule has 9 rings (SSSR count). The number of aromatic nitrogens is 8. The number of primary sulfonamides is 1. The normalized spacial score (nSPS) is 12.4. The van der Waals surface area contributed by atoms with Crippen LogP contribution in [0, 0.1) is 0 Å². The molecule has 0 radical (unpaired) electrons. The molecule has 11 nitrogen and oxygen atoms in total. The van der Waals surface area contributed by atoms with E-state index in [1.54, 1.807) is 12.1 Å². The molecule has 0 aliphatic carbocycles. The number of nitrogens with zero attached hydrogens (tertiary/aromatic N) is 6. The molecule has 0 amide bonds. The van der Waals surface area contributed by atoms with E-state index in [9.17, 15) is 8.42 Å². The number of nitrogens with one attached hydrogen (secondary N) is 2. The molecule has 0 saturated heterocycles. The fraction of sp³-hybridized carbons (Fsp3) is 0. The summed E-state index contributed by atoms with van der Waals surface area (Å²) in [5.74, 6) is 1.72. The Hall–Kier alpha value is -5.85. The smallest absolute Gasteiger partial charge is 0.238 e. The highest BCUT2D eigenvalue weighted by Crippen LogP contribution is 2.37. The average Bonchev–Trinajstić information content (AvgIpc) is 3.76. The van der Waals surface area contributed by atoms with Gasteiger partial charge in [-0.1, -0.05) is 84.9 Å². The molecule has 210 valence electrons. The van der Waals surface area contributed by atoms with Gasteiger partial charge in [0.25, 0.3) is 0 Å². The summed E-state index contributed by atoms with van der Waals surface area (Å²) in [7, 11) is -4.12. The maximum atomic E-state index is 12.7. The molecule has 0 atom stereocenters. The number of rotatable bonds is 1. The maximum absolute atomic E-state index is 12.7. The van der Waals surface area contributed by atoms with Gasteiger partial charge in [0.05, 0.1) is 4.90 Å². The van der Waals surface area contributed by atoms with E-state index < -0.39 is 10.0 Å². The molecule has 2 aliphatic heterocycles. The SMILES string of the molecule is NS(=O)(=O)c1cccc2c3nc4nc(nc5[nH]c(nc6nc(nc([nH]3)c12)-c1ccccc1-6)c1ccccc51)-c1ccccc1-4. The third kappa shape index (κ3) is 3.62. The summed E-state index contributed by atoms with van der Waals surface area (Å²) in [6.07, 6.45) is 0. The van der Waals surface area contributed by atoms with Crippen molar-refractivity contribution in [3.05, 3.63) is 91.0 Å². The molecule has 5 heterocycles. The van der Waals surface area contributed by atoms with Crippen molar-refractivity contribution in [1.82, 2.24) is 39.9 Å². The Labute approximate surface area is 248 Å². The van der Waals surface area contributed by atoms with Gasteiger partial charge >= 0.3 is 0 Å².